The normalized spacial score (nSPS) is 16.2. The molecule has 0 N–H and O–H groups in total. The Kier molecular flexibility index (Phi) is 9.99. The number of benzene rings is 3. The summed E-state index contributed by atoms with van der Waals surface area (Å²) in [7, 11) is -2.08. The predicted octanol–water partition coefficient (Wildman–Crippen LogP) is 12.2. The van der Waals surface area contributed by atoms with Crippen LogP contribution >= 0.6 is 11.6 Å². The van der Waals surface area contributed by atoms with Crippen molar-refractivity contribution in [2.24, 2.45) is 4.99 Å². The van der Waals surface area contributed by atoms with Gasteiger partial charge in [0.1, 0.15) is 0 Å². The first-order valence-corrected chi connectivity index (χ1v) is 20.8. The van der Waals surface area contributed by atoms with Gasteiger partial charge < -0.3 is 8.96 Å². The van der Waals surface area contributed by atoms with Crippen LogP contribution in [-0.4, -0.2) is 45.1 Å². The van der Waals surface area contributed by atoms with Crippen LogP contribution in [-0.2, 0) is 16.2 Å². The van der Waals surface area contributed by atoms with Crippen LogP contribution in [0.1, 0.15) is 107 Å². The monoisotopic (exact) mass is 891 g/mol. The maximum absolute atomic E-state index is 18.1. The predicted molar refractivity (Wildman–Crippen MR) is 233 cm³/mol. The summed E-state index contributed by atoms with van der Waals surface area (Å²) in [5.74, 6) is -19.6. The van der Waals surface area contributed by atoms with Gasteiger partial charge in [-0.25, -0.2) is 4.99 Å². The number of rotatable bonds is 7. The Labute approximate surface area is 365 Å². The van der Waals surface area contributed by atoms with Crippen molar-refractivity contribution in [1.29, 1.82) is 0 Å². The van der Waals surface area contributed by atoms with Crippen LogP contribution in [0.2, 0.25) is 0 Å². The van der Waals surface area contributed by atoms with Gasteiger partial charge in [-0.1, -0.05) is 135 Å². The summed E-state index contributed by atoms with van der Waals surface area (Å²) in [4.78, 5) is 4.59. The zero-order valence-electron chi connectivity index (χ0n) is 36.0. The van der Waals surface area contributed by atoms with Crippen molar-refractivity contribution in [2.75, 3.05) is 0 Å². The number of nitrogens with zero attached hydrogens (tertiary/aromatic N) is 3. The SMILES string of the molecule is CC(C)(C)c1ccc(C2=C3N=C(C=C3C(F)(F)C(F)(F)C(F)(F)C(F)(F)Cl)C(c3ccc(C(C)(C)C)cc3)=c3ccc4n3B(F)n3c2ccc3C=4c2ccc(C(C)(C)C)cc2)cc1. The van der Waals surface area contributed by atoms with Crippen LogP contribution in [0.4, 0.5) is 39.4 Å². The third-order valence-corrected chi connectivity index (χ3v) is 12.4. The molecular formula is C49H44BClF9N3. The Balaban J connectivity index is 1.55. The molecule has 328 valence electrons. The highest BCUT2D eigenvalue weighted by Crippen LogP contribution is 2.58. The van der Waals surface area contributed by atoms with Crippen molar-refractivity contribution in [2.45, 2.75) is 102 Å². The molecule has 0 aliphatic carbocycles. The number of fused-ring (bicyclic) bond motifs is 1. The van der Waals surface area contributed by atoms with Crippen molar-refractivity contribution in [3.63, 3.8) is 0 Å². The molecule has 0 saturated carbocycles. The molecule has 0 spiro atoms. The quantitative estimate of drug-likeness (QED) is 0.0883. The van der Waals surface area contributed by atoms with Gasteiger partial charge in [0, 0.05) is 38.8 Å². The van der Waals surface area contributed by atoms with Gasteiger partial charge in [-0.2, -0.15) is 35.1 Å². The largest absolute Gasteiger partial charge is 0.597 e. The van der Waals surface area contributed by atoms with Gasteiger partial charge in [-0.3, -0.25) is 4.32 Å². The van der Waals surface area contributed by atoms with E-state index in [1.807, 2.05) is 65.8 Å². The fourth-order valence-corrected chi connectivity index (χ4v) is 8.60. The van der Waals surface area contributed by atoms with E-state index in [9.17, 15) is 8.78 Å². The molecule has 3 aromatic carbocycles. The first kappa shape index (κ1) is 44.4. The maximum Gasteiger partial charge on any atom is 0.597 e. The van der Waals surface area contributed by atoms with E-state index >= 15 is 30.7 Å². The third-order valence-electron chi connectivity index (χ3n) is 12.2. The molecule has 5 aromatic rings. The standard InChI is InChI=1S/C49H44BClF9N3/c1-43(2,3)30-16-10-27(11-17-30)39-34-26-33(46(52,53)47(54,55)48(56,57)49(51,58)59)42(61-34)41(29-14-20-32(21-15-29)45(7,8)9)38-25-24-37-40(28-12-18-31(19-13-28)44(4,5)6)36-23-22-35(39)62(36)50(60)63(37)38/h10-26H,1-9H3. The van der Waals surface area contributed by atoms with Crippen LogP contribution in [0.5, 0.6) is 0 Å². The molecule has 0 amide bonds. The van der Waals surface area contributed by atoms with Crippen LogP contribution in [0.25, 0.3) is 16.7 Å². The second kappa shape index (κ2) is 14.2. The number of allylic oxidation sites excluding steroid dienone is 2. The maximum atomic E-state index is 18.1. The van der Waals surface area contributed by atoms with E-state index in [1.165, 1.54) is 27.2 Å². The summed E-state index contributed by atoms with van der Waals surface area (Å²) in [5.41, 5.74) is 0.0209. The summed E-state index contributed by atoms with van der Waals surface area (Å²) >= 11 is 4.47. The van der Waals surface area contributed by atoms with Crippen LogP contribution < -0.4 is 10.7 Å². The molecule has 4 bridgehead atoms. The van der Waals surface area contributed by atoms with E-state index in [0.717, 1.165) is 16.7 Å². The summed E-state index contributed by atoms with van der Waals surface area (Å²) in [6.07, 6.45) is 0.514. The van der Waals surface area contributed by atoms with Gasteiger partial charge in [0.2, 0.25) is 0 Å². The number of aliphatic imine (C=N–C) groups is 1. The molecule has 0 radical (unpaired) electrons. The van der Waals surface area contributed by atoms with Gasteiger partial charge in [0.25, 0.3) is 0 Å². The lowest BCUT2D eigenvalue weighted by Crippen LogP contribution is -2.61. The summed E-state index contributed by atoms with van der Waals surface area (Å²) < 4.78 is 144. The minimum atomic E-state index is -6.78. The Bertz CT molecular complexity index is 2890. The Hall–Kier alpha value is -5.17. The molecule has 2 aromatic heterocycles. The second-order valence-electron chi connectivity index (χ2n) is 19.5. The molecule has 3 aliphatic rings. The molecule has 63 heavy (non-hydrogen) atoms. The third kappa shape index (κ3) is 6.86. The van der Waals surface area contributed by atoms with Gasteiger partial charge >= 0.3 is 30.4 Å². The van der Waals surface area contributed by atoms with Crippen molar-refractivity contribution >= 4 is 41.3 Å². The van der Waals surface area contributed by atoms with Crippen molar-refractivity contribution < 1.29 is 39.4 Å². The van der Waals surface area contributed by atoms with Gasteiger partial charge in [0.05, 0.1) is 17.0 Å². The molecular weight excluding hydrogens is 848 g/mol. The van der Waals surface area contributed by atoms with E-state index in [0.29, 0.717) is 28.1 Å². The average molecular weight is 892 g/mol. The molecule has 0 atom stereocenters. The minimum absolute atomic E-state index is 0.00525. The lowest BCUT2D eigenvalue weighted by atomic mass is 9.84. The fourth-order valence-electron chi connectivity index (χ4n) is 8.48. The first-order valence-electron chi connectivity index (χ1n) is 20.4. The number of hydrogen-bond donors (Lipinski definition) is 0. The molecule has 5 heterocycles. The number of alkyl halides is 9. The Morgan fingerprint density at radius 3 is 1.27 bits per heavy atom. The van der Waals surface area contributed by atoms with E-state index in [4.69, 9.17) is 0 Å². The number of hydrogen-bond acceptors (Lipinski definition) is 1. The second-order valence-corrected chi connectivity index (χ2v) is 20.0. The van der Waals surface area contributed by atoms with E-state index in [1.54, 1.807) is 54.6 Å². The topological polar surface area (TPSA) is 22.2 Å². The molecule has 0 fully saturated rings. The highest BCUT2D eigenvalue weighted by Gasteiger charge is 2.81. The molecule has 14 heteroatoms. The summed E-state index contributed by atoms with van der Waals surface area (Å²) in [5, 5.41) is -5.60. The Morgan fingerprint density at radius 2 is 0.857 bits per heavy atom. The van der Waals surface area contributed by atoms with Crippen molar-refractivity contribution in [1.82, 2.24) is 8.96 Å². The van der Waals surface area contributed by atoms with E-state index in [-0.39, 0.29) is 44.3 Å². The highest BCUT2D eigenvalue weighted by molar-refractivity contribution is 6.49. The summed E-state index contributed by atoms with van der Waals surface area (Å²) in [6.45, 7) is 17.9. The smallest absolute Gasteiger partial charge is 0.334 e. The fraction of sp³-hybridized carbons (Fsp3) is 0.327. The van der Waals surface area contributed by atoms with Crippen molar-refractivity contribution in [3.05, 3.63) is 170 Å². The lowest BCUT2D eigenvalue weighted by Gasteiger charge is -2.35. The first-order chi connectivity index (χ1) is 29.0. The van der Waals surface area contributed by atoms with Crippen LogP contribution in [0.15, 0.2) is 119 Å². The molecule has 0 saturated heterocycles. The highest BCUT2D eigenvalue weighted by atomic mass is 35.5. The molecule has 3 aliphatic heterocycles. The van der Waals surface area contributed by atoms with Crippen LogP contribution in [0.3, 0.4) is 0 Å². The van der Waals surface area contributed by atoms with Gasteiger partial charge in [-0.15, -0.1) is 0 Å². The zero-order chi connectivity index (χ0) is 46.2. The Morgan fingerprint density at radius 1 is 0.476 bits per heavy atom. The van der Waals surface area contributed by atoms with Gasteiger partial charge in [0.15, 0.2) is 0 Å². The zero-order valence-corrected chi connectivity index (χ0v) is 36.8. The number of halogens is 10. The summed E-state index contributed by atoms with van der Waals surface area (Å²) in [6, 6.07) is 27.2. The van der Waals surface area contributed by atoms with E-state index < -0.39 is 52.8 Å². The minimum Gasteiger partial charge on any atom is -0.334 e. The molecule has 0 unspecified atom stereocenters. The average Bonchev–Trinajstić information content (AvgIpc) is 3.93. The lowest BCUT2D eigenvalue weighted by molar-refractivity contribution is -0.337. The van der Waals surface area contributed by atoms with E-state index in [2.05, 4.69) is 37.4 Å². The van der Waals surface area contributed by atoms with Gasteiger partial charge in [-0.05, 0) is 91.6 Å². The molecule has 8 rings (SSSR count). The molecule has 3 nitrogen and oxygen atoms in total. The van der Waals surface area contributed by atoms with Crippen molar-refractivity contribution in [3.8, 4) is 0 Å². The van der Waals surface area contributed by atoms with Crippen LogP contribution in [0, 0.1) is 0 Å². The number of aromatic nitrogens is 2.